The second-order valence-electron chi connectivity index (χ2n) is 2.53. The van der Waals surface area contributed by atoms with Crippen molar-refractivity contribution in [3.63, 3.8) is 0 Å². The van der Waals surface area contributed by atoms with Gasteiger partial charge in [-0.1, -0.05) is 6.92 Å². The number of rotatable bonds is 5. The third-order valence-electron chi connectivity index (χ3n) is 1.51. The molecule has 0 aliphatic heterocycles. The van der Waals surface area contributed by atoms with Gasteiger partial charge in [0.25, 0.3) is 6.43 Å². The summed E-state index contributed by atoms with van der Waals surface area (Å²) in [5.41, 5.74) is 0. The maximum Gasteiger partial charge on any atom is 0.269 e. The molecule has 0 spiro atoms. The molecule has 74 valence electrons. The van der Waals surface area contributed by atoms with Crippen LogP contribution in [0.5, 0.6) is 0 Å². The van der Waals surface area contributed by atoms with Crippen LogP contribution in [0.1, 0.15) is 19.8 Å². The van der Waals surface area contributed by atoms with Crippen LogP contribution >= 0.6 is 0 Å². The fraction of sp³-hybridized carbons (Fsp3) is 1.00. The van der Waals surface area contributed by atoms with E-state index in [0.717, 1.165) is 0 Å². The second kappa shape index (κ2) is 5.32. The van der Waals surface area contributed by atoms with Crippen LogP contribution in [0.15, 0.2) is 0 Å². The molecule has 0 aromatic rings. The van der Waals surface area contributed by atoms with E-state index in [1.54, 1.807) is 0 Å². The Morgan fingerprint density at radius 1 is 0.833 bits per heavy atom. The first kappa shape index (κ1) is 11.6. The largest absolute Gasteiger partial charge is 0.269 e. The molecule has 0 nitrogen and oxygen atoms in total. The lowest BCUT2D eigenvalue weighted by atomic mass is 10.1. The lowest BCUT2D eigenvalue weighted by Crippen LogP contribution is -2.24. The zero-order valence-electron chi connectivity index (χ0n) is 6.61. The molecule has 0 aromatic carbocycles. The minimum absolute atomic E-state index is 0.128. The van der Waals surface area contributed by atoms with Gasteiger partial charge >= 0.3 is 0 Å². The number of alkyl halides is 5. The van der Waals surface area contributed by atoms with Crippen molar-refractivity contribution in [3.05, 3.63) is 0 Å². The predicted molar refractivity (Wildman–Crippen MR) is 35.6 cm³/mol. The first-order valence-corrected chi connectivity index (χ1v) is 3.69. The van der Waals surface area contributed by atoms with Gasteiger partial charge in [0.15, 0.2) is 6.17 Å². The molecule has 0 N–H and O–H groups in total. The van der Waals surface area contributed by atoms with Gasteiger partial charge in [-0.25, -0.2) is 22.0 Å². The normalized spacial score (nSPS) is 19.2. The average molecular weight is 190 g/mol. The number of hydrogen-bond donors (Lipinski definition) is 0. The quantitative estimate of drug-likeness (QED) is 0.584. The molecule has 0 aliphatic rings. The summed E-state index contributed by atoms with van der Waals surface area (Å²) in [5, 5.41) is 0. The Bertz CT molecular complexity index is 116. The lowest BCUT2D eigenvalue weighted by Gasteiger charge is -2.13. The minimum Gasteiger partial charge on any atom is -0.244 e. The highest BCUT2D eigenvalue weighted by atomic mass is 19.3. The zero-order chi connectivity index (χ0) is 9.72. The van der Waals surface area contributed by atoms with Gasteiger partial charge in [-0.15, -0.1) is 0 Å². The monoisotopic (exact) mass is 190 g/mol. The van der Waals surface area contributed by atoms with Crippen LogP contribution < -0.4 is 0 Å². The zero-order valence-corrected chi connectivity index (χ0v) is 6.61. The SMILES string of the molecule is CCC(F)C(F)C[C@H](F)C(F)F. The molecule has 12 heavy (non-hydrogen) atoms. The Morgan fingerprint density at radius 3 is 1.67 bits per heavy atom. The first-order valence-electron chi connectivity index (χ1n) is 3.69. The van der Waals surface area contributed by atoms with E-state index in [-0.39, 0.29) is 6.42 Å². The molecule has 0 aromatic heterocycles. The minimum atomic E-state index is -3.23. The van der Waals surface area contributed by atoms with Crippen molar-refractivity contribution in [2.75, 3.05) is 0 Å². The molecule has 0 saturated carbocycles. The fourth-order valence-electron chi connectivity index (χ4n) is 0.721. The molecule has 3 atom stereocenters. The summed E-state index contributed by atoms with van der Waals surface area (Å²) in [6.45, 7) is 1.37. The third kappa shape index (κ3) is 3.88. The van der Waals surface area contributed by atoms with Crippen molar-refractivity contribution in [2.45, 2.75) is 44.7 Å². The molecule has 0 amide bonds. The Balaban J connectivity index is 3.75. The van der Waals surface area contributed by atoms with E-state index in [2.05, 4.69) is 0 Å². The van der Waals surface area contributed by atoms with Gasteiger partial charge in [0.1, 0.15) is 12.3 Å². The van der Waals surface area contributed by atoms with Crippen LogP contribution in [0.25, 0.3) is 0 Å². The van der Waals surface area contributed by atoms with Gasteiger partial charge in [-0.2, -0.15) is 0 Å². The summed E-state index contributed by atoms with van der Waals surface area (Å²) in [6.07, 6.45) is -11.0. The molecule has 0 aliphatic carbocycles. The summed E-state index contributed by atoms with van der Waals surface area (Å²) >= 11 is 0. The first-order chi connectivity index (χ1) is 5.49. The topological polar surface area (TPSA) is 0 Å². The van der Waals surface area contributed by atoms with Crippen LogP contribution in [0.2, 0.25) is 0 Å². The number of halogens is 5. The Kier molecular flexibility index (Phi) is 5.17. The van der Waals surface area contributed by atoms with Gasteiger partial charge in [0.2, 0.25) is 0 Å². The third-order valence-corrected chi connectivity index (χ3v) is 1.51. The van der Waals surface area contributed by atoms with Crippen molar-refractivity contribution in [1.82, 2.24) is 0 Å². The smallest absolute Gasteiger partial charge is 0.244 e. The Hall–Kier alpha value is -0.350. The van der Waals surface area contributed by atoms with Gasteiger partial charge in [0, 0.05) is 6.42 Å². The Morgan fingerprint density at radius 2 is 1.33 bits per heavy atom. The van der Waals surface area contributed by atoms with Gasteiger partial charge in [0.05, 0.1) is 0 Å². The van der Waals surface area contributed by atoms with Crippen LogP contribution in [-0.4, -0.2) is 24.9 Å². The average Bonchev–Trinajstić information content (AvgIpc) is 2.02. The van der Waals surface area contributed by atoms with E-state index in [1.165, 1.54) is 6.92 Å². The summed E-state index contributed by atoms with van der Waals surface area (Å²) in [7, 11) is 0. The molecule has 2 unspecified atom stereocenters. The van der Waals surface area contributed by atoms with Crippen LogP contribution in [0.4, 0.5) is 22.0 Å². The molecular weight excluding hydrogens is 179 g/mol. The molecule has 0 heterocycles. The van der Waals surface area contributed by atoms with Gasteiger partial charge < -0.3 is 0 Å². The second-order valence-corrected chi connectivity index (χ2v) is 2.53. The summed E-state index contributed by atoms with van der Waals surface area (Å²) in [5.74, 6) is 0. The van der Waals surface area contributed by atoms with Gasteiger partial charge in [-0.3, -0.25) is 0 Å². The van der Waals surface area contributed by atoms with Crippen LogP contribution in [0.3, 0.4) is 0 Å². The van der Waals surface area contributed by atoms with Crippen molar-refractivity contribution < 1.29 is 22.0 Å². The molecule has 0 fully saturated rings. The fourth-order valence-corrected chi connectivity index (χ4v) is 0.721. The van der Waals surface area contributed by atoms with Crippen molar-refractivity contribution in [2.24, 2.45) is 0 Å². The lowest BCUT2D eigenvalue weighted by molar-refractivity contribution is 0.0187. The maximum atomic E-state index is 12.5. The summed E-state index contributed by atoms with van der Waals surface area (Å²) in [6, 6.07) is 0. The summed E-state index contributed by atoms with van der Waals surface area (Å²) < 4.78 is 59.9. The van der Waals surface area contributed by atoms with Crippen LogP contribution in [0, 0.1) is 0 Å². The molecule has 0 saturated heterocycles. The molecule has 0 radical (unpaired) electrons. The van der Waals surface area contributed by atoms with E-state index >= 15 is 0 Å². The van der Waals surface area contributed by atoms with E-state index in [9.17, 15) is 22.0 Å². The van der Waals surface area contributed by atoms with Crippen molar-refractivity contribution in [1.29, 1.82) is 0 Å². The van der Waals surface area contributed by atoms with E-state index in [4.69, 9.17) is 0 Å². The highest BCUT2D eigenvalue weighted by molar-refractivity contribution is 4.72. The molecular formula is C7H11F5. The molecule has 0 bridgehead atoms. The van der Waals surface area contributed by atoms with E-state index in [0.29, 0.717) is 0 Å². The predicted octanol–water partition coefficient (Wildman–Crippen LogP) is 3.07. The molecule has 5 heteroatoms. The van der Waals surface area contributed by atoms with Crippen molar-refractivity contribution >= 4 is 0 Å². The van der Waals surface area contributed by atoms with Crippen LogP contribution in [-0.2, 0) is 0 Å². The van der Waals surface area contributed by atoms with Crippen molar-refractivity contribution in [3.8, 4) is 0 Å². The highest BCUT2D eigenvalue weighted by Crippen LogP contribution is 2.19. The standard InChI is InChI=1S/C7H11F5/c1-2-4(8)5(9)3-6(10)7(11)12/h4-7H,2-3H2,1H3/t4?,5?,6-/m0/s1. The van der Waals surface area contributed by atoms with E-state index < -0.39 is 31.4 Å². The molecule has 0 rings (SSSR count). The summed E-state index contributed by atoms with van der Waals surface area (Å²) in [4.78, 5) is 0. The highest BCUT2D eigenvalue weighted by Gasteiger charge is 2.28. The number of hydrogen-bond acceptors (Lipinski definition) is 0. The Labute approximate surface area is 67.8 Å². The van der Waals surface area contributed by atoms with E-state index in [1.807, 2.05) is 0 Å². The maximum absolute atomic E-state index is 12.5. The van der Waals surface area contributed by atoms with Gasteiger partial charge in [-0.05, 0) is 6.42 Å².